The Morgan fingerprint density at radius 2 is 1.85 bits per heavy atom. The zero-order valence-electron chi connectivity index (χ0n) is 15.1. The Morgan fingerprint density at radius 1 is 1.11 bits per heavy atom. The van der Waals surface area contributed by atoms with Crippen LogP contribution in [-0.4, -0.2) is 35.0 Å². The molecule has 0 radical (unpaired) electrons. The number of rotatable bonds is 5. The van der Waals surface area contributed by atoms with E-state index in [-0.39, 0.29) is 5.91 Å². The number of nitrogens with zero attached hydrogens (tertiary/aromatic N) is 2. The summed E-state index contributed by atoms with van der Waals surface area (Å²) in [5, 5.41) is 18.1. The van der Waals surface area contributed by atoms with Crippen molar-refractivity contribution in [1.29, 1.82) is 5.26 Å². The Labute approximate surface area is 158 Å². The van der Waals surface area contributed by atoms with Gasteiger partial charge in [0.25, 0.3) is 5.91 Å². The topological polar surface area (TPSA) is 81.4 Å². The van der Waals surface area contributed by atoms with E-state index in [1.165, 1.54) is 0 Å². The van der Waals surface area contributed by atoms with Gasteiger partial charge in [-0.25, -0.2) is 4.79 Å². The van der Waals surface area contributed by atoms with Crippen LogP contribution in [0.25, 0.3) is 0 Å². The van der Waals surface area contributed by atoms with Gasteiger partial charge in [0.2, 0.25) is 0 Å². The van der Waals surface area contributed by atoms with Crippen LogP contribution in [0.5, 0.6) is 0 Å². The molecule has 138 valence electrons. The average molecular weight is 362 g/mol. The maximum atomic E-state index is 12.7. The molecule has 0 unspecified atom stereocenters. The summed E-state index contributed by atoms with van der Waals surface area (Å²) in [6.07, 6.45) is 2.74. The Hall–Kier alpha value is -3.13. The molecule has 27 heavy (non-hydrogen) atoms. The van der Waals surface area contributed by atoms with Gasteiger partial charge in [0.15, 0.2) is 0 Å². The van der Waals surface area contributed by atoms with Crippen LogP contribution in [0, 0.1) is 17.2 Å². The van der Waals surface area contributed by atoms with Gasteiger partial charge < -0.3 is 10.0 Å². The molecule has 0 bridgehead atoms. The summed E-state index contributed by atoms with van der Waals surface area (Å²) in [6, 6.07) is 16.5. The highest BCUT2D eigenvalue weighted by Gasteiger charge is 2.25. The van der Waals surface area contributed by atoms with Crippen LogP contribution >= 0.6 is 0 Å². The number of hydrogen-bond donors (Lipinski definition) is 1. The monoisotopic (exact) mass is 362 g/mol. The third kappa shape index (κ3) is 4.53. The lowest BCUT2D eigenvalue weighted by Crippen LogP contribution is -2.39. The van der Waals surface area contributed by atoms with Crippen molar-refractivity contribution in [3.63, 3.8) is 0 Å². The molecule has 0 aromatic heterocycles. The quantitative estimate of drug-likeness (QED) is 0.882. The fraction of sp³-hybridized carbons (Fsp3) is 0.318. The first-order valence-corrected chi connectivity index (χ1v) is 9.15. The third-order valence-electron chi connectivity index (χ3n) is 5.12. The Kier molecular flexibility index (Phi) is 5.87. The number of nitriles is 1. The molecule has 0 aliphatic carbocycles. The Morgan fingerprint density at radius 3 is 2.56 bits per heavy atom. The molecule has 0 saturated carbocycles. The maximum Gasteiger partial charge on any atom is 0.335 e. The largest absolute Gasteiger partial charge is 0.478 e. The number of likely N-dealkylation sites (tertiary alicyclic amines) is 1. The van der Waals surface area contributed by atoms with E-state index in [0.29, 0.717) is 36.6 Å². The van der Waals surface area contributed by atoms with Gasteiger partial charge >= 0.3 is 5.97 Å². The standard InChI is InChI=1S/C22H22N2O3/c23-11-8-16-4-3-6-19(15-16)21(25)24-12-9-17(10-13-24)14-18-5-1-2-7-20(18)22(26)27/h1-7,15,17H,8-10,12-14H2,(H,26,27). The van der Waals surface area contributed by atoms with Crippen molar-refractivity contribution in [2.24, 2.45) is 5.92 Å². The molecule has 0 spiro atoms. The van der Waals surface area contributed by atoms with Crippen molar-refractivity contribution in [3.8, 4) is 6.07 Å². The lowest BCUT2D eigenvalue weighted by molar-refractivity contribution is 0.0690. The van der Waals surface area contributed by atoms with E-state index >= 15 is 0 Å². The second kappa shape index (κ2) is 8.50. The predicted octanol–water partition coefficient (Wildman–Crippen LogP) is 3.55. The fourth-order valence-corrected chi connectivity index (χ4v) is 3.65. The van der Waals surface area contributed by atoms with Crippen LogP contribution < -0.4 is 0 Å². The number of amides is 1. The van der Waals surface area contributed by atoms with Gasteiger partial charge in [0, 0.05) is 18.7 Å². The number of piperidine rings is 1. The fourth-order valence-electron chi connectivity index (χ4n) is 3.65. The number of hydrogen-bond acceptors (Lipinski definition) is 3. The molecule has 1 fully saturated rings. The van der Waals surface area contributed by atoms with E-state index in [9.17, 15) is 14.7 Å². The summed E-state index contributed by atoms with van der Waals surface area (Å²) in [5.41, 5.74) is 2.70. The average Bonchev–Trinajstić information content (AvgIpc) is 2.69. The highest BCUT2D eigenvalue weighted by molar-refractivity contribution is 5.94. The lowest BCUT2D eigenvalue weighted by Gasteiger charge is -2.32. The zero-order chi connectivity index (χ0) is 19.2. The van der Waals surface area contributed by atoms with Gasteiger partial charge in [0.05, 0.1) is 18.1 Å². The number of carboxylic acid groups (broad SMARTS) is 1. The summed E-state index contributed by atoms with van der Waals surface area (Å²) >= 11 is 0. The van der Waals surface area contributed by atoms with E-state index in [0.717, 1.165) is 30.4 Å². The molecule has 1 heterocycles. The van der Waals surface area contributed by atoms with Crippen LogP contribution in [0.3, 0.4) is 0 Å². The number of aromatic carboxylic acids is 1. The number of benzene rings is 2. The van der Waals surface area contributed by atoms with Crippen LogP contribution in [0.15, 0.2) is 48.5 Å². The SMILES string of the molecule is N#CCc1cccc(C(=O)N2CCC(Cc3ccccc3C(=O)O)CC2)c1. The van der Waals surface area contributed by atoms with Crippen molar-refractivity contribution in [2.45, 2.75) is 25.7 Å². The first kappa shape index (κ1) is 18.7. The summed E-state index contributed by atoms with van der Waals surface area (Å²) in [7, 11) is 0. The van der Waals surface area contributed by atoms with Crippen molar-refractivity contribution < 1.29 is 14.7 Å². The summed E-state index contributed by atoms with van der Waals surface area (Å²) in [5.74, 6) is -0.519. The van der Waals surface area contributed by atoms with Crippen molar-refractivity contribution in [3.05, 3.63) is 70.8 Å². The molecule has 2 aromatic carbocycles. The number of carbonyl (C=O) groups is 2. The number of carboxylic acids is 1. The van der Waals surface area contributed by atoms with E-state index in [2.05, 4.69) is 6.07 Å². The normalized spacial score (nSPS) is 14.6. The minimum absolute atomic E-state index is 0.000763. The van der Waals surface area contributed by atoms with E-state index in [4.69, 9.17) is 5.26 Å². The molecule has 0 atom stereocenters. The maximum absolute atomic E-state index is 12.7. The second-order valence-electron chi connectivity index (χ2n) is 6.94. The molecule has 1 saturated heterocycles. The summed E-state index contributed by atoms with van der Waals surface area (Å²) in [6.45, 7) is 1.34. The predicted molar refractivity (Wildman–Crippen MR) is 101 cm³/mol. The van der Waals surface area contributed by atoms with E-state index < -0.39 is 5.97 Å². The van der Waals surface area contributed by atoms with Crippen LogP contribution in [-0.2, 0) is 12.8 Å². The first-order valence-electron chi connectivity index (χ1n) is 9.15. The Bertz CT molecular complexity index is 877. The molecule has 1 aliphatic rings. The molecule has 1 aliphatic heterocycles. The molecule has 3 rings (SSSR count). The van der Waals surface area contributed by atoms with Crippen LogP contribution in [0.4, 0.5) is 0 Å². The first-order chi connectivity index (χ1) is 13.1. The second-order valence-corrected chi connectivity index (χ2v) is 6.94. The van der Waals surface area contributed by atoms with Gasteiger partial charge in [-0.2, -0.15) is 5.26 Å². The minimum Gasteiger partial charge on any atom is -0.478 e. The zero-order valence-corrected chi connectivity index (χ0v) is 15.1. The molecule has 1 amide bonds. The molecule has 2 aromatic rings. The molecule has 5 heteroatoms. The molecular formula is C22H22N2O3. The van der Waals surface area contributed by atoms with Gasteiger partial charge in [-0.1, -0.05) is 30.3 Å². The smallest absolute Gasteiger partial charge is 0.335 e. The highest BCUT2D eigenvalue weighted by Crippen LogP contribution is 2.24. The van der Waals surface area contributed by atoms with Crippen molar-refractivity contribution >= 4 is 11.9 Å². The summed E-state index contributed by atoms with van der Waals surface area (Å²) < 4.78 is 0. The van der Waals surface area contributed by atoms with Crippen LogP contribution in [0.1, 0.15) is 44.7 Å². The van der Waals surface area contributed by atoms with Crippen LogP contribution in [0.2, 0.25) is 0 Å². The van der Waals surface area contributed by atoms with E-state index in [1.807, 2.05) is 29.2 Å². The summed E-state index contributed by atoms with van der Waals surface area (Å²) in [4.78, 5) is 25.9. The van der Waals surface area contributed by atoms with E-state index in [1.54, 1.807) is 24.3 Å². The molecule has 5 nitrogen and oxygen atoms in total. The van der Waals surface area contributed by atoms with Gasteiger partial charge in [-0.3, -0.25) is 4.79 Å². The van der Waals surface area contributed by atoms with Gasteiger partial charge in [-0.05, 0) is 54.5 Å². The molecule has 1 N–H and O–H groups in total. The third-order valence-corrected chi connectivity index (χ3v) is 5.12. The number of carbonyl (C=O) groups excluding carboxylic acids is 1. The van der Waals surface area contributed by atoms with Gasteiger partial charge in [-0.15, -0.1) is 0 Å². The van der Waals surface area contributed by atoms with Crippen molar-refractivity contribution in [2.75, 3.05) is 13.1 Å². The lowest BCUT2D eigenvalue weighted by atomic mass is 9.88. The highest BCUT2D eigenvalue weighted by atomic mass is 16.4. The molecular weight excluding hydrogens is 340 g/mol. The van der Waals surface area contributed by atoms with Gasteiger partial charge in [0.1, 0.15) is 0 Å². The van der Waals surface area contributed by atoms with Crippen molar-refractivity contribution in [1.82, 2.24) is 4.90 Å². The Balaban J connectivity index is 1.61. The minimum atomic E-state index is -0.893.